The van der Waals surface area contributed by atoms with E-state index in [1.807, 2.05) is 4.90 Å². The van der Waals surface area contributed by atoms with Crippen LogP contribution < -0.4 is 5.43 Å². The topological polar surface area (TPSA) is 45.6 Å². The molecule has 1 amide bonds. The molecule has 3 saturated heterocycles. The predicted octanol–water partition coefficient (Wildman–Crippen LogP) is 3.85. The van der Waals surface area contributed by atoms with Crippen molar-refractivity contribution in [3.63, 3.8) is 0 Å². The van der Waals surface area contributed by atoms with E-state index in [-0.39, 0.29) is 28.4 Å². The number of rotatable bonds is 1. The molecule has 3 fully saturated rings. The molecule has 7 heteroatoms. The lowest BCUT2D eigenvalue weighted by atomic mass is 9.68. The van der Waals surface area contributed by atoms with Gasteiger partial charge in [-0.3, -0.25) is 14.5 Å². The number of hydrogen-bond acceptors (Lipinski definition) is 3. The van der Waals surface area contributed by atoms with Crippen LogP contribution in [0.4, 0.5) is 8.78 Å². The molecule has 174 valence electrons. The molecule has 0 saturated carbocycles. The van der Waals surface area contributed by atoms with Crippen molar-refractivity contribution in [2.75, 3.05) is 19.6 Å². The van der Waals surface area contributed by atoms with Crippen LogP contribution in [0.2, 0.25) is 0 Å². The summed E-state index contributed by atoms with van der Waals surface area (Å²) in [7, 11) is 1.59. The maximum Gasteiger partial charge on any atom is 0.259 e. The summed E-state index contributed by atoms with van der Waals surface area (Å²) < 4.78 is 29.7. The average Bonchev–Trinajstić information content (AvgIpc) is 2.80. The maximum absolute atomic E-state index is 14.4. The summed E-state index contributed by atoms with van der Waals surface area (Å²) in [5.41, 5.74) is 0.748. The molecule has 2 aromatic rings. The van der Waals surface area contributed by atoms with Gasteiger partial charge in [-0.2, -0.15) is 0 Å². The number of carbonyl (C=O) groups is 1. The van der Waals surface area contributed by atoms with Crippen LogP contribution in [0, 0.1) is 23.5 Å². The summed E-state index contributed by atoms with van der Waals surface area (Å²) in [5, 5.41) is -0.0915. The number of halogens is 2. The first kappa shape index (κ1) is 21.0. The van der Waals surface area contributed by atoms with Gasteiger partial charge in [0.05, 0.1) is 16.9 Å². The van der Waals surface area contributed by atoms with Crippen molar-refractivity contribution in [2.24, 2.45) is 18.9 Å². The van der Waals surface area contributed by atoms with Gasteiger partial charge in [-0.05, 0) is 56.6 Å². The quantitative estimate of drug-likeness (QED) is 0.617. The summed E-state index contributed by atoms with van der Waals surface area (Å²) in [4.78, 5) is 31.5. The number of aryl methyl sites for hydroxylation is 1. The van der Waals surface area contributed by atoms with Crippen LogP contribution in [0.1, 0.15) is 48.9 Å². The molecule has 0 spiro atoms. The van der Waals surface area contributed by atoms with Gasteiger partial charge in [-0.25, -0.2) is 8.78 Å². The summed E-state index contributed by atoms with van der Waals surface area (Å²) in [6.45, 7) is 2.73. The molecule has 1 aromatic heterocycles. The van der Waals surface area contributed by atoms with Gasteiger partial charge < -0.3 is 9.47 Å². The molecule has 6 rings (SSSR count). The highest BCUT2D eigenvalue weighted by molar-refractivity contribution is 5.98. The molecule has 4 heterocycles. The van der Waals surface area contributed by atoms with E-state index < -0.39 is 17.1 Å². The minimum Gasteiger partial charge on any atom is -0.347 e. The number of hydrogen-bond donors (Lipinski definition) is 0. The van der Waals surface area contributed by atoms with E-state index in [4.69, 9.17) is 0 Å². The zero-order valence-electron chi connectivity index (χ0n) is 18.9. The summed E-state index contributed by atoms with van der Waals surface area (Å²) in [6.07, 6.45) is 10.6. The lowest BCUT2D eigenvalue weighted by Crippen LogP contribution is -2.60. The monoisotopic (exact) mass is 453 g/mol. The number of benzene rings is 1. The summed E-state index contributed by atoms with van der Waals surface area (Å²) in [5.74, 6) is -1.01. The minimum absolute atomic E-state index is 0.00923. The fourth-order valence-corrected chi connectivity index (χ4v) is 7.07. The second-order valence-electron chi connectivity index (χ2n) is 10.3. The third-order valence-electron chi connectivity index (χ3n) is 8.34. The average molecular weight is 454 g/mol. The highest BCUT2D eigenvalue weighted by Crippen LogP contribution is 2.45. The zero-order chi connectivity index (χ0) is 22.9. The third kappa shape index (κ3) is 3.27. The highest BCUT2D eigenvalue weighted by Gasteiger charge is 2.47. The second-order valence-corrected chi connectivity index (χ2v) is 10.3. The molecule has 4 atom stereocenters. The van der Waals surface area contributed by atoms with Crippen LogP contribution in [0.15, 0.2) is 34.8 Å². The number of amides is 1. The van der Waals surface area contributed by atoms with Gasteiger partial charge in [0.25, 0.3) is 5.91 Å². The normalized spacial score (nSPS) is 29.4. The second kappa shape index (κ2) is 7.76. The molecular formula is C26H29F2N3O2. The number of likely N-dealkylation sites (tertiary alicyclic amines) is 1. The number of aromatic nitrogens is 1. The molecule has 4 aliphatic rings. The predicted molar refractivity (Wildman–Crippen MR) is 122 cm³/mol. The lowest BCUT2D eigenvalue weighted by Gasteiger charge is -2.54. The first-order chi connectivity index (χ1) is 15.9. The Bertz CT molecular complexity index is 1240. The SMILES string of the molecule is Cn1cc(C(=O)N2CCCC3=C[C@H]4C[C@@H](CN5CCCC[C@H]45)[C@H]32)c(=O)c2cc(F)cc(F)c21. The number of piperidine rings is 3. The Morgan fingerprint density at radius 1 is 1.12 bits per heavy atom. The van der Waals surface area contributed by atoms with Crippen molar-refractivity contribution in [3.05, 3.63) is 57.4 Å². The smallest absolute Gasteiger partial charge is 0.259 e. The van der Waals surface area contributed by atoms with E-state index in [1.165, 1.54) is 35.6 Å². The van der Waals surface area contributed by atoms with E-state index in [2.05, 4.69) is 11.0 Å². The van der Waals surface area contributed by atoms with Crippen molar-refractivity contribution < 1.29 is 13.6 Å². The van der Waals surface area contributed by atoms with E-state index in [0.29, 0.717) is 24.4 Å². The molecule has 1 aliphatic carbocycles. The first-order valence-corrected chi connectivity index (χ1v) is 12.2. The molecule has 0 unspecified atom stereocenters. The molecule has 5 nitrogen and oxygen atoms in total. The van der Waals surface area contributed by atoms with Crippen LogP contribution in [0.3, 0.4) is 0 Å². The molecule has 0 N–H and O–H groups in total. The maximum atomic E-state index is 14.4. The molecule has 1 aromatic carbocycles. The van der Waals surface area contributed by atoms with E-state index >= 15 is 0 Å². The van der Waals surface area contributed by atoms with Crippen molar-refractivity contribution in [1.29, 1.82) is 0 Å². The fraction of sp³-hybridized carbons (Fsp3) is 0.538. The molecule has 3 aliphatic heterocycles. The van der Waals surface area contributed by atoms with Crippen LogP contribution >= 0.6 is 0 Å². The Labute approximate surface area is 191 Å². The number of carbonyl (C=O) groups excluding carboxylic acids is 1. The van der Waals surface area contributed by atoms with E-state index in [1.54, 1.807) is 7.05 Å². The van der Waals surface area contributed by atoms with E-state index in [0.717, 1.165) is 44.5 Å². The van der Waals surface area contributed by atoms with Crippen molar-refractivity contribution in [1.82, 2.24) is 14.4 Å². The summed E-state index contributed by atoms with van der Waals surface area (Å²) >= 11 is 0. The van der Waals surface area contributed by atoms with Crippen LogP contribution in [0.25, 0.3) is 10.9 Å². The van der Waals surface area contributed by atoms with E-state index in [9.17, 15) is 18.4 Å². The molecule has 0 radical (unpaired) electrons. The van der Waals surface area contributed by atoms with Crippen molar-refractivity contribution in [2.45, 2.75) is 50.6 Å². The number of pyridine rings is 1. The van der Waals surface area contributed by atoms with Crippen LogP contribution in [0.5, 0.6) is 0 Å². The largest absolute Gasteiger partial charge is 0.347 e. The Kier molecular flexibility index (Phi) is 4.94. The van der Waals surface area contributed by atoms with Crippen LogP contribution in [-0.2, 0) is 7.05 Å². The fourth-order valence-electron chi connectivity index (χ4n) is 7.07. The standard InChI is InChI=1S/C26H29F2N3O2/c1-29-14-20(25(32)19-11-18(27)12-21(28)24(19)29)26(33)31-8-4-5-15-9-16-10-17(23(15)31)13-30-7-3-2-6-22(16)30/h9,11-12,14,16-17,22-23H,2-8,10,13H2,1H3/t16-,17-,22+,23-/m0/s1. The Balaban J connectivity index is 1.40. The third-order valence-corrected chi connectivity index (χ3v) is 8.34. The minimum atomic E-state index is -0.818. The van der Waals surface area contributed by atoms with Gasteiger partial charge in [-0.1, -0.05) is 18.1 Å². The van der Waals surface area contributed by atoms with Crippen molar-refractivity contribution in [3.8, 4) is 0 Å². The molecule has 2 bridgehead atoms. The Morgan fingerprint density at radius 2 is 1.97 bits per heavy atom. The molecule has 33 heavy (non-hydrogen) atoms. The Hall–Kier alpha value is -2.54. The number of fused-ring (bicyclic) bond motifs is 7. The summed E-state index contributed by atoms with van der Waals surface area (Å²) in [6, 6.07) is 2.43. The van der Waals surface area contributed by atoms with Gasteiger partial charge in [-0.15, -0.1) is 0 Å². The number of nitrogens with zero attached hydrogens (tertiary/aromatic N) is 3. The van der Waals surface area contributed by atoms with Crippen molar-refractivity contribution >= 4 is 16.8 Å². The van der Waals surface area contributed by atoms with Gasteiger partial charge in [0.1, 0.15) is 17.2 Å². The first-order valence-electron chi connectivity index (χ1n) is 12.2. The highest BCUT2D eigenvalue weighted by atomic mass is 19.1. The van der Waals surface area contributed by atoms with Gasteiger partial charge in [0.2, 0.25) is 5.43 Å². The van der Waals surface area contributed by atoms with Gasteiger partial charge in [0, 0.05) is 38.4 Å². The van der Waals surface area contributed by atoms with Gasteiger partial charge >= 0.3 is 0 Å². The zero-order valence-corrected chi connectivity index (χ0v) is 18.9. The lowest BCUT2D eigenvalue weighted by molar-refractivity contribution is 0.00142. The molecular weight excluding hydrogens is 424 g/mol. The van der Waals surface area contributed by atoms with Crippen LogP contribution in [-0.4, -0.2) is 52.0 Å². The Morgan fingerprint density at radius 3 is 2.82 bits per heavy atom. The van der Waals surface area contributed by atoms with Gasteiger partial charge in [0.15, 0.2) is 0 Å².